The maximum atomic E-state index is 12.7. The molecule has 4 rings (SSSR count). The predicted octanol–water partition coefficient (Wildman–Crippen LogP) is 3.67. The molecule has 0 amide bonds. The van der Waals surface area contributed by atoms with E-state index in [1.54, 1.807) is 24.4 Å². The summed E-state index contributed by atoms with van der Waals surface area (Å²) in [7, 11) is -1.21. The number of methoxy groups -OCH3 is 2. The molecule has 0 saturated carbocycles. The molecule has 29 heavy (non-hydrogen) atoms. The molecule has 0 radical (unpaired) electrons. The van der Waals surface area contributed by atoms with Gasteiger partial charge in [-0.25, -0.2) is 4.98 Å². The van der Waals surface area contributed by atoms with Crippen molar-refractivity contribution in [2.45, 2.75) is 4.90 Å². The second kappa shape index (κ2) is 7.44. The first-order valence-corrected chi connectivity index (χ1v) is 9.89. The molecular formula is C20H16N2O6S. The standard InChI is InChI=1S/C20H16N2O6S/c1-25-17-9-7-14(12-19(17)26-2)29(23,24)28-13-6-8-15-18(11-13)27-20(22-15)16-5-3-4-10-21-16/h3-12H,1-2H3. The summed E-state index contributed by atoms with van der Waals surface area (Å²) in [5, 5.41) is 0. The lowest BCUT2D eigenvalue weighted by Crippen LogP contribution is -2.10. The second-order valence-corrected chi connectivity index (χ2v) is 7.46. The van der Waals surface area contributed by atoms with Crippen LogP contribution in [0, 0.1) is 0 Å². The fourth-order valence-corrected chi connectivity index (χ4v) is 3.64. The van der Waals surface area contributed by atoms with Crippen LogP contribution in [0.5, 0.6) is 17.2 Å². The van der Waals surface area contributed by atoms with Gasteiger partial charge >= 0.3 is 10.1 Å². The first-order valence-electron chi connectivity index (χ1n) is 8.49. The Bertz CT molecular complexity index is 1270. The van der Waals surface area contributed by atoms with Crippen LogP contribution in [-0.2, 0) is 10.1 Å². The van der Waals surface area contributed by atoms with E-state index in [0.717, 1.165) is 0 Å². The predicted molar refractivity (Wildman–Crippen MR) is 105 cm³/mol. The molecule has 2 aromatic heterocycles. The van der Waals surface area contributed by atoms with Crippen LogP contribution in [0.25, 0.3) is 22.7 Å². The van der Waals surface area contributed by atoms with Crippen molar-refractivity contribution in [3.05, 3.63) is 60.8 Å². The summed E-state index contributed by atoms with van der Waals surface area (Å²) in [4.78, 5) is 8.48. The van der Waals surface area contributed by atoms with Crippen LogP contribution in [-0.4, -0.2) is 32.6 Å². The lowest BCUT2D eigenvalue weighted by atomic mass is 10.3. The Morgan fingerprint density at radius 3 is 2.48 bits per heavy atom. The Hall–Kier alpha value is -3.59. The monoisotopic (exact) mass is 412 g/mol. The fraction of sp³-hybridized carbons (Fsp3) is 0.100. The van der Waals surface area contributed by atoms with Gasteiger partial charge in [0.25, 0.3) is 0 Å². The van der Waals surface area contributed by atoms with E-state index in [1.807, 2.05) is 6.07 Å². The maximum Gasteiger partial charge on any atom is 0.339 e. The van der Waals surface area contributed by atoms with Gasteiger partial charge in [0.1, 0.15) is 21.9 Å². The normalized spacial score (nSPS) is 11.4. The van der Waals surface area contributed by atoms with Crippen molar-refractivity contribution in [1.29, 1.82) is 0 Å². The number of nitrogens with zero attached hydrogens (tertiary/aromatic N) is 2. The van der Waals surface area contributed by atoms with E-state index in [2.05, 4.69) is 9.97 Å². The van der Waals surface area contributed by atoms with Crippen molar-refractivity contribution in [3.8, 4) is 28.8 Å². The summed E-state index contributed by atoms with van der Waals surface area (Å²) in [5.41, 5.74) is 1.51. The highest BCUT2D eigenvalue weighted by atomic mass is 32.2. The minimum atomic E-state index is -4.09. The summed E-state index contributed by atoms with van der Waals surface area (Å²) in [6.45, 7) is 0. The van der Waals surface area contributed by atoms with Crippen LogP contribution in [0.4, 0.5) is 0 Å². The molecule has 0 fully saturated rings. The van der Waals surface area contributed by atoms with Crippen molar-refractivity contribution < 1.29 is 26.5 Å². The molecule has 9 heteroatoms. The molecule has 148 valence electrons. The fourth-order valence-electron chi connectivity index (χ4n) is 2.70. The van der Waals surface area contributed by atoms with Crippen LogP contribution in [0.2, 0.25) is 0 Å². The van der Waals surface area contributed by atoms with Crippen molar-refractivity contribution in [2.24, 2.45) is 0 Å². The third-order valence-corrected chi connectivity index (χ3v) is 5.34. The summed E-state index contributed by atoms with van der Waals surface area (Å²) in [6.07, 6.45) is 1.63. The summed E-state index contributed by atoms with van der Waals surface area (Å²) in [5.74, 6) is 1.12. The number of fused-ring (bicyclic) bond motifs is 1. The third kappa shape index (κ3) is 3.72. The molecule has 2 aromatic carbocycles. The Morgan fingerprint density at radius 2 is 1.76 bits per heavy atom. The lowest BCUT2D eigenvalue weighted by Gasteiger charge is -2.10. The van der Waals surface area contributed by atoms with Gasteiger partial charge in [0.15, 0.2) is 17.1 Å². The number of aromatic nitrogens is 2. The number of oxazole rings is 1. The van der Waals surface area contributed by atoms with Gasteiger partial charge in [-0.1, -0.05) is 6.07 Å². The molecule has 0 unspecified atom stereocenters. The van der Waals surface area contributed by atoms with Crippen molar-refractivity contribution >= 4 is 21.2 Å². The molecular weight excluding hydrogens is 396 g/mol. The van der Waals surface area contributed by atoms with Gasteiger partial charge in [-0.15, -0.1) is 0 Å². The number of rotatable bonds is 6. The Kier molecular flexibility index (Phi) is 4.81. The zero-order valence-corrected chi connectivity index (χ0v) is 16.3. The maximum absolute atomic E-state index is 12.7. The second-order valence-electron chi connectivity index (χ2n) is 5.92. The third-order valence-electron chi connectivity index (χ3n) is 4.09. The first-order chi connectivity index (χ1) is 14.0. The minimum Gasteiger partial charge on any atom is -0.493 e. The number of pyridine rings is 1. The first kappa shape index (κ1) is 18.8. The van der Waals surface area contributed by atoms with Crippen LogP contribution in [0.3, 0.4) is 0 Å². The van der Waals surface area contributed by atoms with Gasteiger partial charge in [0.05, 0.1) is 14.2 Å². The van der Waals surface area contributed by atoms with Gasteiger partial charge in [-0.05, 0) is 36.4 Å². The van der Waals surface area contributed by atoms with Crippen molar-refractivity contribution in [3.63, 3.8) is 0 Å². The highest BCUT2D eigenvalue weighted by Crippen LogP contribution is 2.31. The van der Waals surface area contributed by atoms with Gasteiger partial charge in [-0.3, -0.25) is 4.98 Å². The topological polar surface area (TPSA) is 101 Å². The van der Waals surface area contributed by atoms with Crippen molar-refractivity contribution in [1.82, 2.24) is 9.97 Å². The largest absolute Gasteiger partial charge is 0.493 e. The zero-order chi connectivity index (χ0) is 20.4. The van der Waals surface area contributed by atoms with Crippen LogP contribution in [0.15, 0.2) is 70.1 Å². The average molecular weight is 412 g/mol. The minimum absolute atomic E-state index is 0.0676. The smallest absolute Gasteiger partial charge is 0.339 e. The molecule has 0 aliphatic rings. The van der Waals surface area contributed by atoms with E-state index in [9.17, 15) is 8.42 Å². The lowest BCUT2D eigenvalue weighted by molar-refractivity contribution is 0.353. The zero-order valence-electron chi connectivity index (χ0n) is 15.5. The van der Waals surface area contributed by atoms with Gasteiger partial charge in [0, 0.05) is 18.3 Å². The number of hydrogen-bond donors (Lipinski definition) is 0. The van der Waals surface area contributed by atoms with E-state index in [4.69, 9.17) is 18.1 Å². The van der Waals surface area contributed by atoms with Gasteiger partial charge < -0.3 is 18.1 Å². The van der Waals surface area contributed by atoms with E-state index in [1.165, 1.54) is 44.6 Å². The molecule has 0 atom stereocenters. The number of ether oxygens (including phenoxy) is 2. The molecule has 4 aromatic rings. The van der Waals surface area contributed by atoms with E-state index in [0.29, 0.717) is 28.4 Å². The molecule has 0 saturated heterocycles. The average Bonchev–Trinajstić information content (AvgIpc) is 3.17. The highest BCUT2D eigenvalue weighted by Gasteiger charge is 2.20. The van der Waals surface area contributed by atoms with Crippen LogP contribution < -0.4 is 13.7 Å². The molecule has 0 N–H and O–H groups in total. The Balaban J connectivity index is 1.65. The molecule has 0 bridgehead atoms. The highest BCUT2D eigenvalue weighted by molar-refractivity contribution is 7.87. The Labute approximate surface area is 166 Å². The molecule has 0 aliphatic carbocycles. The molecule has 0 spiro atoms. The number of hydrogen-bond acceptors (Lipinski definition) is 8. The van der Waals surface area contributed by atoms with Crippen molar-refractivity contribution in [2.75, 3.05) is 14.2 Å². The summed E-state index contributed by atoms with van der Waals surface area (Å²) >= 11 is 0. The van der Waals surface area contributed by atoms with Crippen LogP contribution in [0.1, 0.15) is 0 Å². The number of benzene rings is 2. The SMILES string of the molecule is COc1ccc(S(=O)(=O)Oc2ccc3nc(-c4ccccn4)oc3c2)cc1OC. The van der Waals surface area contributed by atoms with Gasteiger partial charge in [0.2, 0.25) is 5.89 Å². The Morgan fingerprint density at radius 1 is 0.931 bits per heavy atom. The molecule has 2 heterocycles. The molecule has 0 aliphatic heterocycles. The summed E-state index contributed by atoms with van der Waals surface area (Å²) in [6, 6.07) is 14.2. The van der Waals surface area contributed by atoms with Gasteiger partial charge in [-0.2, -0.15) is 8.42 Å². The molecule has 8 nitrogen and oxygen atoms in total. The summed E-state index contributed by atoms with van der Waals surface area (Å²) < 4.78 is 46.5. The van der Waals surface area contributed by atoms with E-state index >= 15 is 0 Å². The quantitative estimate of drug-likeness (QED) is 0.442. The van der Waals surface area contributed by atoms with Crippen LogP contribution >= 0.6 is 0 Å². The van der Waals surface area contributed by atoms with E-state index in [-0.39, 0.29) is 16.4 Å². The van der Waals surface area contributed by atoms with E-state index < -0.39 is 10.1 Å².